The first-order valence-corrected chi connectivity index (χ1v) is 16.8. The van der Waals surface area contributed by atoms with E-state index in [9.17, 15) is 49.2 Å². The lowest BCUT2D eigenvalue weighted by molar-refractivity contribution is -0.145. The van der Waals surface area contributed by atoms with Crippen molar-refractivity contribution in [3.05, 3.63) is 33.4 Å². The number of carbonyl (C=O) groups excluding carboxylic acids is 2. The van der Waals surface area contributed by atoms with Crippen molar-refractivity contribution in [2.45, 2.75) is 63.5 Å². The van der Waals surface area contributed by atoms with Crippen LogP contribution in [0, 0.1) is 3.57 Å². The van der Waals surface area contributed by atoms with Crippen LogP contribution in [0.4, 0.5) is 0 Å². The topological polar surface area (TPSA) is 217 Å². The van der Waals surface area contributed by atoms with E-state index in [0.717, 1.165) is 9.99 Å². The summed E-state index contributed by atoms with van der Waals surface area (Å²) in [6.45, 7) is 1.25. The molecule has 1 heterocycles. The molecule has 1 aromatic rings. The lowest BCUT2D eigenvalue weighted by Crippen LogP contribution is -2.48. The highest BCUT2D eigenvalue weighted by Gasteiger charge is 2.29. The smallest absolute Gasteiger partial charge is 0.326 e. The molecule has 1 saturated heterocycles. The zero-order chi connectivity index (χ0) is 34.8. The molecule has 1 unspecified atom stereocenters. The van der Waals surface area contributed by atoms with E-state index in [-0.39, 0.29) is 64.4 Å². The van der Waals surface area contributed by atoms with Crippen LogP contribution in [0.1, 0.15) is 50.5 Å². The maximum absolute atomic E-state index is 12.7. The molecule has 1 fully saturated rings. The summed E-state index contributed by atoms with van der Waals surface area (Å²) in [5.74, 6) is -5.23. The van der Waals surface area contributed by atoms with Crippen molar-refractivity contribution in [3.8, 4) is 0 Å². The van der Waals surface area contributed by atoms with E-state index in [0.29, 0.717) is 45.3 Å². The Morgan fingerprint density at radius 1 is 0.702 bits per heavy atom. The van der Waals surface area contributed by atoms with Crippen LogP contribution >= 0.6 is 22.6 Å². The van der Waals surface area contributed by atoms with Crippen molar-refractivity contribution in [2.24, 2.45) is 0 Å². The van der Waals surface area contributed by atoms with Crippen molar-refractivity contribution in [2.75, 3.05) is 58.9 Å². The minimum atomic E-state index is -1.22. The predicted molar refractivity (Wildman–Crippen MR) is 179 cm³/mol. The summed E-state index contributed by atoms with van der Waals surface area (Å²) < 4.78 is 1.15. The molecule has 0 aromatic heterocycles. The Morgan fingerprint density at radius 2 is 1.28 bits per heavy atom. The average molecular weight is 776 g/mol. The number of hydrogen-bond acceptors (Lipinski definition) is 9. The molecule has 2 rings (SSSR count). The second-order valence-corrected chi connectivity index (χ2v) is 12.8. The van der Waals surface area contributed by atoms with Gasteiger partial charge in [-0.25, -0.2) is 4.79 Å². The number of amides is 2. The lowest BCUT2D eigenvalue weighted by Gasteiger charge is -2.30. The first-order chi connectivity index (χ1) is 22.3. The fraction of sp³-hybridized carbons (Fsp3) is 0.613. The van der Waals surface area contributed by atoms with Gasteiger partial charge in [0.05, 0.1) is 13.1 Å². The summed E-state index contributed by atoms with van der Waals surface area (Å²) in [5.41, 5.74) is 1.17. The zero-order valence-electron chi connectivity index (χ0n) is 26.4. The molecule has 15 nitrogen and oxygen atoms in total. The molecule has 2 amide bonds. The SMILES string of the molecule is O=C(O)CN1CCN(CC(=O)O)CCN(C(CCC(=O)N[C@@H](CCCCNC(=O)CCCc2ccc(I)cc2)C(=O)O)C(=O)O)CC1. The third-order valence-corrected chi connectivity index (χ3v) is 8.60. The summed E-state index contributed by atoms with van der Waals surface area (Å²) in [7, 11) is 0. The molecule has 0 spiro atoms. The van der Waals surface area contributed by atoms with Gasteiger partial charge in [0.15, 0.2) is 0 Å². The number of hydrogen-bond donors (Lipinski definition) is 6. The van der Waals surface area contributed by atoms with Crippen LogP contribution in [-0.2, 0) is 35.2 Å². The van der Waals surface area contributed by atoms with Gasteiger partial charge in [-0.2, -0.15) is 0 Å². The zero-order valence-corrected chi connectivity index (χ0v) is 28.6. The molecule has 0 aliphatic carbocycles. The lowest BCUT2D eigenvalue weighted by atomic mass is 10.1. The molecular formula is C31H46IN5O10. The number of nitrogens with zero attached hydrogens (tertiary/aromatic N) is 3. The molecule has 0 saturated carbocycles. The fourth-order valence-corrected chi connectivity index (χ4v) is 5.68. The number of benzene rings is 1. The monoisotopic (exact) mass is 775 g/mol. The number of carboxylic acids is 4. The maximum atomic E-state index is 12.7. The third-order valence-electron chi connectivity index (χ3n) is 7.89. The Bertz CT molecular complexity index is 1170. The van der Waals surface area contributed by atoms with Gasteiger partial charge < -0.3 is 31.1 Å². The van der Waals surface area contributed by atoms with E-state index in [2.05, 4.69) is 33.2 Å². The van der Waals surface area contributed by atoms with E-state index >= 15 is 0 Å². The molecule has 47 heavy (non-hydrogen) atoms. The molecule has 16 heteroatoms. The van der Waals surface area contributed by atoms with Crippen molar-refractivity contribution in [1.29, 1.82) is 0 Å². The number of aliphatic carboxylic acids is 4. The van der Waals surface area contributed by atoms with Gasteiger partial charge in [-0.05, 0) is 78.8 Å². The fourth-order valence-electron chi connectivity index (χ4n) is 5.32. The van der Waals surface area contributed by atoms with Crippen molar-refractivity contribution < 1.29 is 49.2 Å². The maximum Gasteiger partial charge on any atom is 0.326 e. The normalized spacial score (nSPS) is 16.2. The van der Waals surface area contributed by atoms with Crippen LogP contribution in [0.5, 0.6) is 0 Å². The number of carboxylic acid groups (broad SMARTS) is 4. The summed E-state index contributed by atoms with van der Waals surface area (Å²) in [4.78, 5) is 76.2. The van der Waals surface area contributed by atoms with E-state index in [1.165, 1.54) is 5.56 Å². The molecular weight excluding hydrogens is 729 g/mol. The van der Waals surface area contributed by atoms with Gasteiger partial charge in [0.1, 0.15) is 12.1 Å². The van der Waals surface area contributed by atoms with E-state index in [1.807, 2.05) is 24.3 Å². The molecule has 2 atom stereocenters. The molecule has 0 bridgehead atoms. The second-order valence-electron chi connectivity index (χ2n) is 11.6. The van der Waals surface area contributed by atoms with Gasteiger partial charge in [0.2, 0.25) is 11.8 Å². The number of aryl methyl sites for hydroxylation is 1. The number of carbonyl (C=O) groups is 6. The first-order valence-electron chi connectivity index (χ1n) is 15.7. The summed E-state index contributed by atoms with van der Waals surface area (Å²) in [6.07, 6.45) is 2.61. The number of unbranched alkanes of at least 4 members (excludes halogenated alkanes) is 1. The second kappa shape index (κ2) is 21.5. The highest BCUT2D eigenvalue weighted by atomic mass is 127. The van der Waals surface area contributed by atoms with Crippen LogP contribution in [0.15, 0.2) is 24.3 Å². The van der Waals surface area contributed by atoms with Gasteiger partial charge in [0.25, 0.3) is 0 Å². The molecule has 1 aliphatic heterocycles. The van der Waals surface area contributed by atoms with Gasteiger partial charge in [0, 0.05) is 62.2 Å². The van der Waals surface area contributed by atoms with Crippen molar-refractivity contribution in [3.63, 3.8) is 0 Å². The molecule has 1 aliphatic rings. The van der Waals surface area contributed by atoms with Crippen LogP contribution < -0.4 is 10.6 Å². The minimum Gasteiger partial charge on any atom is -0.480 e. The largest absolute Gasteiger partial charge is 0.480 e. The quantitative estimate of drug-likeness (QED) is 0.0799. The first kappa shape index (κ1) is 39.8. The van der Waals surface area contributed by atoms with Crippen LogP contribution in [0.3, 0.4) is 0 Å². The van der Waals surface area contributed by atoms with Crippen LogP contribution in [0.2, 0.25) is 0 Å². The summed E-state index contributed by atoms with van der Waals surface area (Å²) in [6, 6.07) is 5.83. The number of nitrogens with one attached hydrogen (secondary N) is 2. The van der Waals surface area contributed by atoms with Crippen LogP contribution in [0.25, 0.3) is 0 Å². The van der Waals surface area contributed by atoms with Crippen molar-refractivity contribution in [1.82, 2.24) is 25.3 Å². The Balaban J connectivity index is 1.80. The van der Waals surface area contributed by atoms with Gasteiger partial charge in [-0.15, -0.1) is 0 Å². The van der Waals surface area contributed by atoms with Gasteiger partial charge in [-0.1, -0.05) is 12.1 Å². The predicted octanol–water partition coefficient (Wildman–Crippen LogP) is 0.792. The standard InChI is InChI=1S/C31H46IN5O10/c32-23-9-7-22(8-10-23)4-3-6-26(38)33-13-2-1-5-24(30(44)45)34-27(39)12-11-25(31(46)47)37-18-16-35(20-28(40)41)14-15-36(17-19-37)21-29(42)43/h7-10,24-25H,1-6,11-21H2,(H,33,38)(H,34,39)(H,40,41)(H,42,43)(H,44,45)(H,46,47)/t24-,25?/m0/s1. The Morgan fingerprint density at radius 3 is 1.81 bits per heavy atom. The Hall–Kier alpha value is -3.35. The third kappa shape index (κ3) is 16.9. The average Bonchev–Trinajstić information content (AvgIpc) is 3.08. The van der Waals surface area contributed by atoms with Gasteiger partial charge in [-0.3, -0.25) is 38.7 Å². The summed E-state index contributed by atoms with van der Waals surface area (Å²) in [5, 5.41) is 43.4. The molecule has 262 valence electrons. The van der Waals surface area contributed by atoms with E-state index in [1.54, 1.807) is 14.7 Å². The number of rotatable bonds is 20. The molecule has 6 N–H and O–H groups in total. The van der Waals surface area contributed by atoms with E-state index in [4.69, 9.17) is 0 Å². The molecule has 1 aromatic carbocycles. The molecule has 0 radical (unpaired) electrons. The van der Waals surface area contributed by atoms with E-state index < -0.39 is 41.9 Å². The summed E-state index contributed by atoms with van der Waals surface area (Å²) >= 11 is 2.24. The minimum absolute atomic E-state index is 0.0774. The van der Waals surface area contributed by atoms with Crippen molar-refractivity contribution >= 4 is 58.3 Å². The number of halogens is 1. The Kier molecular flexibility index (Phi) is 18.2. The highest BCUT2D eigenvalue weighted by Crippen LogP contribution is 2.12. The van der Waals surface area contributed by atoms with Gasteiger partial charge >= 0.3 is 23.9 Å². The van der Waals surface area contributed by atoms with Crippen LogP contribution in [-0.4, -0.2) is 142 Å². The highest BCUT2D eigenvalue weighted by molar-refractivity contribution is 14.1. The Labute approximate surface area is 287 Å².